The standard InChI is InChI=1S/C60H115NO3/c1-3-5-7-9-11-13-15-17-19-21-23-25-27-29-30-32-33-35-37-39-41-43-45-47-49-51-53-55-59(63)58(57-62)61-60(64)56-54-52-50-48-46-44-42-40-38-36-34-31-28-26-24-22-20-18-16-14-12-10-8-6-4-2/h16,18,22,24,53,55,58-59,62-63H,3-15,17,19-21,23,25-52,54,56-57H2,1-2H3,(H,61,64)/b18-16-,24-22-,55-53+. The zero-order valence-corrected chi connectivity index (χ0v) is 43.6. The fourth-order valence-corrected chi connectivity index (χ4v) is 9.15. The van der Waals surface area contributed by atoms with Gasteiger partial charge in [0, 0.05) is 6.42 Å². The van der Waals surface area contributed by atoms with Crippen LogP contribution in [0.4, 0.5) is 0 Å². The summed E-state index contributed by atoms with van der Waals surface area (Å²) in [6.45, 7) is 4.33. The average molecular weight is 899 g/mol. The fourth-order valence-electron chi connectivity index (χ4n) is 9.15. The van der Waals surface area contributed by atoms with E-state index in [1.807, 2.05) is 6.08 Å². The monoisotopic (exact) mass is 898 g/mol. The predicted molar refractivity (Wildman–Crippen MR) is 285 cm³/mol. The molecule has 2 unspecified atom stereocenters. The molecule has 378 valence electrons. The molecule has 0 aromatic carbocycles. The number of unbranched alkanes of at least 4 members (excludes halogenated alkanes) is 43. The number of rotatable bonds is 54. The van der Waals surface area contributed by atoms with Crippen LogP contribution in [0.1, 0.15) is 322 Å². The van der Waals surface area contributed by atoms with Crippen molar-refractivity contribution < 1.29 is 15.0 Å². The van der Waals surface area contributed by atoms with Crippen molar-refractivity contribution in [2.75, 3.05) is 6.61 Å². The van der Waals surface area contributed by atoms with Crippen LogP contribution >= 0.6 is 0 Å². The lowest BCUT2D eigenvalue weighted by molar-refractivity contribution is -0.123. The molecule has 0 bridgehead atoms. The highest BCUT2D eigenvalue weighted by Crippen LogP contribution is 2.17. The molecule has 4 heteroatoms. The summed E-state index contributed by atoms with van der Waals surface area (Å²) >= 11 is 0. The average Bonchev–Trinajstić information content (AvgIpc) is 3.30. The van der Waals surface area contributed by atoms with Crippen molar-refractivity contribution >= 4 is 5.91 Å². The van der Waals surface area contributed by atoms with E-state index >= 15 is 0 Å². The van der Waals surface area contributed by atoms with E-state index in [-0.39, 0.29) is 12.5 Å². The van der Waals surface area contributed by atoms with Gasteiger partial charge in [-0.25, -0.2) is 0 Å². The molecule has 0 spiro atoms. The maximum atomic E-state index is 12.5. The van der Waals surface area contributed by atoms with E-state index < -0.39 is 12.1 Å². The van der Waals surface area contributed by atoms with Gasteiger partial charge in [0.2, 0.25) is 5.91 Å². The summed E-state index contributed by atoms with van der Waals surface area (Å²) in [7, 11) is 0. The molecule has 0 aromatic heterocycles. The van der Waals surface area contributed by atoms with Gasteiger partial charge in [-0.15, -0.1) is 0 Å². The molecule has 0 aliphatic heterocycles. The fraction of sp³-hybridized carbons (Fsp3) is 0.883. The number of hydrogen-bond donors (Lipinski definition) is 3. The van der Waals surface area contributed by atoms with Crippen molar-refractivity contribution in [1.29, 1.82) is 0 Å². The summed E-state index contributed by atoms with van der Waals surface area (Å²) in [5, 5.41) is 23.2. The van der Waals surface area contributed by atoms with E-state index in [1.54, 1.807) is 6.08 Å². The second kappa shape index (κ2) is 55.9. The molecule has 0 aliphatic rings. The Labute approximate surface area is 402 Å². The normalized spacial score (nSPS) is 13.0. The van der Waals surface area contributed by atoms with Gasteiger partial charge in [0.1, 0.15) is 0 Å². The molecule has 1 amide bonds. The SMILES string of the molecule is CCCCCCC/C=C\C/C=C\CCCCCCCCCCCCCCCC(=O)NC(CO)C(O)/C=C/CCCCCCCCCCCCCCCCCCCCCCCCCCC. The quantitative estimate of drug-likeness (QED) is 0.0421. The van der Waals surface area contributed by atoms with Gasteiger partial charge in [-0.1, -0.05) is 301 Å². The smallest absolute Gasteiger partial charge is 0.220 e. The Hall–Kier alpha value is -1.39. The van der Waals surface area contributed by atoms with Crippen molar-refractivity contribution in [2.24, 2.45) is 0 Å². The first-order chi connectivity index (χ1) is 31.7. The van der Waals surface area contributed by atoms with Crippen molar-refractivity contribution in [3.05, 3.63) is 36.5 Å². The molecular formula is C60H115NO3. The van der Waals surface area contributed by atoms with Gasteiger partial charge in [-0.2, -0.15) is 0 Å². The van der Waals surface area contributed by atoms with Crippen LogP contribution in [0.2, 0.25) is 0 Å². The van der Waals surface area contributed by atoms with Crippen molar-refractivity contribution in [1.82, 2.24) is 5.32 Å². The second-order valence-electron chi connectivity index (χ2n) is 20.1. The minimum absolute atomic E-state index is 0.0605. The van der Waals surface area contributed by atoms with Gasteiger partial charge < -0.3 is 15.5 Å². The Balaban J connectivity index is 3.47. The lowest BCUT2D eigenvalue weighted by atomic mass is 10.0. The van der Waals surface area contributed by atoms with Crippen molar-refractivity contribution in [2.45, 2.75) is 334 Å². The third-order valence-corrected chi connectivity index (χ3v) is 13.6. The van der Waals surface area contributed by atoms with Crippen LogP contribution in [0.5, 0.6) is 0 Å². The Bertz CT molecular complexity index is 974. The van der Waals surface area contributed by atoms with E-state index in [9.17, 15) is 15.0 Å². The number of nitrogens with one attached hydrogen (secondary N) is 1. The molecule has 64 heavy (non-hydrogen) atoms. The molecule has 0 rings (SSSR count). The van der Waals surface area contributed by atoms with E-state index in [0.29, 0.717) is 6.42 Å². The minimum Gasteiger partial charge on any atom is -0.394 e. The first kappa shape index (κ1) is 62.6. The maximum Gasteiger partial charge on any atom is 0.220 e. The van der Waals surface area contributed by atoms with Gasteiger partial charge in [-0.05, 0) is 51.4 Å². The third-order valence-electron chi connectivity index (χ3n) is 13.6. The molecule has 0 saturated heterocycles. The highest BCUT2D eigenvalue weighted by atomic mass is 16.3. The number of carbonyl (C=O) groups is 1. The van der Waals surface area contributed by atoms with Crippen LogP contribution in [0.3, 0.4) is 0 Å². The first-order valence-corrected chi connectivity index (χ1v) is 29.2. The van der Waals surface area contributed by atoms with Crippen LogP contribution in [0.25, 0.3) is 0 Å². The second-order valence-corrected chi connectivity index (χ2v) is 20.1. The molecule has 0 aliphatic carbocycles. The molecule has 0 saturated carbocycles. The summed E-state index contributed by atoms with van der Waals surface area (Å²) in [5.74, 6) is -0.0605. The highest BCUT2D eigenvalue weighted by molar-refractivity contribution is 5.76. The topological polar surface area (TPSA) is 69.6 Å². The highest BCUT2D eigenvalue weighted by Gasteiger charge is 2.18. The summed E-state index contributed by atoms with van der Waals surface area (Å²) in [5.41, 5.74) is 0. The van der Waals surface area contributed by atoms with E-state index in [4.69, 9.17) is 0 Å². The number of aliphatic hydroxyl groups is 2. The zero-order valence-electron chi connectivity index (χ0n) is 43.6. The number of amides is 1. The Morgan fingerprint density at radius 2 is 0.641 bits per heavy atom. The molecule has 2 atom stereocenters. The lowest BCUT2D eigenvalue weighted by Crippen LogP contribution is -2.45. The van der Waals surface area contributed by atoms with E-state index in [1.165, 1.54) is 270 Å². The maximum absolute atomic E-state index is 12.5. The van der Waals surface area contributed by atoms with Crippen LogP contribution in [-0.2, 0) is 4.79 Å². The minimum atomic E-state index is -0.840. The Morgan fingerprint density at radius 3 is 0.938 bits per heavy atom. The van der Waals surface area contributed by atoms with E-state index in [0.717, 1.165) is 32.1 Å². The number of hydrogen-bond acceptors (Lipinski definition) is 3. The Morgan fingerprint density at radius 1 is 0.375 bits per heavy atom. The van der Waals surface area contributed by atoms with Crippen LogP contribution in [0, 0.1) is 0 Å². The molecule has 4 nitrogen and oxygen atoms in total. The van der Waals surface area contributed by atoms with E-state index in [2.05, 4.69) is 43.5 Å². The van der Waals surface area contributed by atoms with Crippen LogP contribution in [-0.4, -0.2) is 34.9 Å². The Kier molecular flexibility index (Phi) is 54.7. The summed E-state index contributed by atoms with van der Waals surface area (Å²) in [6.07, 6.45) is 76.0. The number of aliphatic hydroxyl groups excluding tert-OH is 2. The zero-order chi connectivity index (χ0) is 46.3. The summed E-state index contributed by atoms with van der Waals surface area (Å²) < 4.78 is 0. The molecular weight excluding hydrogens is 783 g/mol. The predicted octanol–water partition coefficient (Wildman–Crippen LogP) is 19.3. The largest absolute Gasteiger partial charge is 0.394 e. The first-order valence-electron chi connectivity index (χ1n) is 29.2. The molecule has 0 heterocycles. The lowest BCUT2D eigenvalue weighted by Gasteiger charge is -2.20. The van der Waals surface area contributed by atoms with Crippen LogP contribution in [0.15, 0.2) is 36.5 Å². The summed E-state index contributed by atoms with van der Waals surface area (Å²) in [6, 6.07) is -0.623. The number of carbonyl (C=O) groups excluding carboxylic acids is 1. The van der Waals surface area contributed by atoms with Gasteiger partial charge >= 0.3 is 0 Å². The third kappa shape index (κ3) is 51.6. The van der Waals surface area contributed by atoms with Crippen molar-refractivity contribution in [3.8, 4) is 0 Å². The molecule has 0 fully saturated rings. The van der Waals surface area contributed by atoms with Gasteiger partial charge in [-0.3, -0.25) is 4.79 Å². The van der Waals surface area contributed by atoms with Crippen LogP contribution < -0.4 is 5.32 Å². The molecule has 0 radical (unpaired) electrons. The van der Waals surface area contributed by atoms with Gasteiger partial charge in [0.15, 0.2) is 0 Å². The molecule has 3 N–H and O–H groups in total. The van der Waals surface area contributed by atoms with Gasteiger partial charge in [0.05, 0.1) is 18.8 Å². The summed E-state index contributed by atoms with van der Waals surface area (Å²) in [4.78, 5) is 12.5. The molecule has 0 aromatic rings. The van der Waals surface area contributed by atoms with Crippen molar-refractivity contribution in [3.63, 3.8) is 0 Å². The van der Waals surface area contributed by atoms with Gasteiger partial charge in [0.25, 0.3) is 0 Å². The number of allylic oxidation sites excluding steroid dienone is 5.